The third-order valence-electron chi connectivity index (χ3n) is 2.12. The Balaban J connectivity index is 2.87. The lowest BCUT2D eigenvalue weighted by Crippen LogP contribution is -2.24. The molecule has 0 aromatic heterocycles. The molecular weight excluding hydrogens is 251 g/mol. The zero-order chi connectivity index (χ0) is 13.1. The van der Waals surface area contributed by atoms with Crippen LogP contribution in [0, 0.1) is 0 Å². The third-order valence-corrected chi connectivity index (χ3v) is 3.09. The van der Waals surface area contributed by atoms with Gasteiger partial charge in [0.05, 0.1) is 5.56 Å². The second-order valence-electron chi connectivity index (χ2n) is 3.83. The van der Waals surface area contributed by atoms with Gasteiger partial charge in [0, 0.05) is 34.5 Å². The fraction of sp³-hybridized carbons (Fsp3) is 0.455. The predicted octanol–water partition coefficient (Wildman–Crippen LogP) is 2.88. The average Bonchev–Trinajstić information content (AvgIpc) is 2.15. The molecule has 17 heavy (non-hydrogen) atoms. The first kappa shape index (κ1) is 14.0. The topological polar surface area (TPSA) is 29.1 Å². The maximum atomic E-state index is 12.7. The van der Waals surface area contributed by atoms with Gasteiger partial charge in [-0.2, -0.15) is 13.2 Å². The van der Waals surface area contributed by atoms with Crippen molar-refractivity contribution in [2.24, 2.45) is 0 Å². The average molecular weight is 265 g/mol. The van der Waals surface area contributed by atoms with Gasteiger partial charge in [-0.1, -0.05) is 12.1 Å². The van der Waals surface area contributed by atoms with E-state index in [-0.39, 0.29) is 11.7 Å². The molecule has 0 aliphatic rings. The summed E-state index contributed by atoms with van der Waals surface area (Å²) < 4.78 is 49.0. The van der Waals surface area contributed by atoms with Gasteiger partial charge in [-0.3, -0.25) is 4.21 Å². The Bertz CT molecular complexity index is 406. The first-order valence-corrected chi connectivity index (χ1v) is 6.76. The fourth-order valence-corrected chi connectivity index (χ4v) is 2.30. The van der Waals surface area contributed by atoms with E-state index in [1.54, 1.807) is 6.92 Å². The van der Waals surface area contributed by atoms with Crippen molar-refractivity contribution in [3.8, 4) is 0 Å². The van der Waals surface area contributed by atoms with E-state index < -0.39 is 22.5 Å². The minimum Gasteiger partial charge on any atom is -0.381 e. The van der Waals surface area contributed by atoms with Crippen LogP contribution in [-0.2, 0) is 17.0 Å². The lowest BCUT2D eigenvalue weighted by atomic mass is 10.1. The molecule has 1 aromatic carbocycles. The molecule has 1 N–H and O–H groups in total. The summed E-state index contributed by atoms with van der Waals surface area (Å²) in [5.74, 6) is 0.312. The fourth-order valence-electron chi connectivity index (χ4n) is 1.52. The van der Waals surface area contributed by atoms with Crippen molar-refractivity contribution in [2.75, 3.05) is 17.3 Å². The van der Waals surface area contributed by atoms with Crippen LogP contribution < -0.4 is 5.32 Å². The first-order chi connectivity index (χ1) is 7.80. The highest BCUT2D eigenvalue weighted by Gasteiger charge is 2.33. The molecule has 0 fully saturated rings. The maximum absolute atomic E-state index is 12.7. The molecule has 2 atom stereocenters. The van der Waals surface area contributed by atoms with Crippen molar-refractivity contribution >= 4 is 16.5 Å². The predicted molar refractivity (Wildman–Crippen MR) is 63.5 cm³/mol. The highest BCUT2D eigenvalue weighted by molar-refractivity contribution is 7.84. The van der Waals surface area contributed by atoms with Crippen molar-refractivity contribution in [1.29, 1.82) is 0 Å². The lowest BCUT2D eigenvalue weighted by molar-refractivity contribution is -0.137. The molecule has 0 amide bonds. The van der Waals surface area contributed by atoms with E-state index in [4.69, 9.17) is 0 Å². The molecule has 2 nitrogen and oxygen atoms in total. The maximum Gasteiger partial charge on any atom is 0.418 e. The van der Waals surface area contributed by atoms with Crippen LogP contribution in [0.3, 0.4) is 0 Å². The number of nitrogens with one attached hydrogen (secondary N) is 1. The molecule has 96 valence electrons. The Hall–Kier alpha value is -1.04. The van der Waals surface area contributed by atoms with E-state index in [2.05, 4.69) is 5.32 Å². The zero-order valence-corrected chi connectivity index (χ0v) is 10.4. The number of rotatable bonds is 4. The Labute approximate surface area is 101 Å². The molecule has 0 bridgehead atoms. The van der Waals surface area contributed by atoms with Crippen LogP contribution in [-0.4, -0.2) is 22.3 Å². The van der Waals surface area contributed by atoms with E-state index in [1.165, 1.54) is 24.5 Å². The largest absolute Gasteiger partial charge is 0.418 e. The minimum absolute atomic E-state index is 0.0259. The summed E-state index contributed by atoms with van der Waals surface area (Å²) in [6.45, 7) is 1.70. The molecule has 0 heterocycles. The second kappa shape index (κ2) is 5.53. The first-order valence-electron chi connectivity index (χ1n) is 5.03. The van der Waals surface area contributed by atoms with Crippen LogP contribution in [0.4, 0.5) is 18.9 Å². The van der Waals surface area contributed by atoms with E-state index in [1.807, 2.05) is 0 Å². The summed E-state index contributed by atoms with van der Waals surface area (Å²) in [5.41, 5.74) is -0.674. The van der Waals surface area contributed by atoms with Gasteiger partial charge in [-0.25, -0.2) is 0 Å². The van der Waals surface area contributed by atoms with E-state index in [9.17, 15) is 17.4 Å². The van der Waals surface area contributed by atoms with Gasteiger partial charge >= 0.3 is 6.18 Å². The van der Waals surface area contributed by atoms with Gasteiger partial charge in [0.1, 0.15) is 0 Å². The number of halogens is 3. The monoisotopic (exact) mass is 265 g/mol. The van der Waals surface area contributed by atoms with Gasteiger partial charge in [0.15, 0.2) is 0 Å². The van der Waals surface area contributed by atoms with Crippen molar-refractivity contribution < 1.29 is 17.4 Å². The SMILES string of the molecule is CC(CS(C)=O)Nc1ccccc1C(F)(F)F. The van der Waals surface area contributed by atoms with E-state index >= 15 is 0 Å². The molecule has 0 radical (unpaired) electrons. The molecule has 1 rings (SSSR count). The highest BCUT2D eigenvalue weighted by Crippen LogP contribution is 2.34. The van der Waals surface area contributed by atoms with Crippen molar-refractivity contribution in [3.05, 3.63) is 29.8 Å². The Morgan fingerprint density at radius 3 is 2.47 bits per heavy atom. The van der Waals surface area contributed by atoms with Crippen LogP contribution in [0.25, 0.3) is 0 Å². The summed E-state index contributed by atoms with van der Waals surface area (Å²) in [7, 11) is -1.04. The van der Waals surface area contributed by atoms with Gasteiger partial charge < -0.3 is 5.32 Å². The highest BCUT2D eigenvalue weighted by atomic mass is 32.2. The standard InChI is InChI=1S/C11H14F3NOS/c1-8(7-17(2)16)15-10-6-4-3-5-9(10)11(12,13)14/h3-6,8,15H,7H2,1-2H3. The summed E-state index contributed by atoms with van der Waals surface area (Å²) >= 11 is 0. The number of hydrogen-bond acceptors (Lipinski definition) is 2. The van der Waals surface area contributed by atoms with Gasteiger partial charge in [0.25, 0.3) is 0 Å². The summed E-state index contributed by atoms with van der Waals surface area (Å²) in [4.78, 5) is 0. The van der Waals surface area contributed by atoms with E-state index in [0.29, 0.717) is 5.75 Å². The smallest absolute Gasteiger partial charge is 0.381 e. The Morgan fingerprint density at radius 2 is 1.94 bits per heavy atom. The van der Waals surface area contributed by atoms with Crippen molar-refractivity contribution in [1.82, 2.24) is 0 Å². The van der Waals surface area contributed by atoms with Crippen molar-refractivity contribution in [3.63, 3.8) is 0 Å². The Kier molecular flexibility index (Phi) is 4.56. The summed E-state index contributed by atoms with van der Waals surface area (Å²) in [5, 5.41) is 2.74. The van der Waals surface area contributed by atoms with Crippen molar-refractivity contribution in [2.45, 2.75) is 19.1 Å². The number of anilines is 1. The van der Waals surface area contributed by atoms with Crippen LogP contribution >= 0.6 is 0 Å². The second-order valence-corrected chi connectivity index (χ2v) is 5.31. The number of benzene rings is 1. The quantitative estimate of drug-likeness (QED) is 0.907. The van der Waals surface area contributed by atoms with Gasteiger partial charge in [0.2, 0.25) is 0 Å². The summed E-state index contributed by atoms with van der Waals surface area (Å²) in [6.07, 6.45) is -2.86. The number of alkyl halides is 3. The number of hydrogen-bond donors (Lipinski definition) is 1. The van der Waals surface area contributed by atoms with Crippen LogP contribution in [0.2, 0.25) is 0 Å². The number of para-hydroxylation sites is 1. The Morgan fingerprint density at radius 1 is 1.35 bits per heavy atom. The van der Waals surface area contributed by atoms with Gasteiger partial charge in [-0.05, 0) is 19.1 Å². The van der Waals surface area contributed by atoms with E-state index in [0.717, 1.165) is 6.07 Å². The molecule has 0 saturated carbocycles. The molecule has 0 aliphatic heterocycles. The van der Waals surface area contributed by atoms with Crippen LogP contribution in [0.1, 0.15) is 12.5 Å². The minimum atomic E-state index is -4.38. The molecule has 1 aromatic rings. The molecule has 2 unspecified atom stereocenters. The third kappa shape index (κ3) is 4.38. The normalized spacial score (nSPS) is 15.4. The zero-order valence-electron chi connectivity index (χ0n) is 9.54. The molecular formula is C11H14F3NOS. The lowest BCUT2D eigenvalue weighted by Gasteiger charge is -2.18. The van der Waals surface area contributed by atoms with Gasteiger partial charge in [-0.15, -0.1) is 0 Å². The molecule has 0 spiro atoms. The molecule has 0 aliphatic carbocycles. The summed E-state index contributed by atoms with van der Waals surface area (Å²) in [6, 6.07) is 5.00. The molecule has 0 saturated heterocycles. The van der Waals surface area contributed by atoms with Crippen LogP contribution in [0.5, 0.6) is 0 Å². The molecule has 6 heteroatoms. The van der Waals surface area contributed by atoms with Crippen LogP contribution in [0.15, 0.2) is 24.3 Å².